The first-order valence-corrected chi connectivity index (χ1v) is 9.44. The molecular weight excluding hydrogens is 328 g/mol. The van der Waals surface area contributed by atoms with Crippen molar-refractivity contribution < 1.29 is 8.42 Å². The van der Waals surface area contributed by atoms with Crippen molar-refractivity contribution in [2.45, 2.75) is 19.4 Å². The summed E-state index contributed by atoms with van der Waals surface area (Å²) in [5.74, 6) is 1.52. The molecule has 0 amide bonds. The number of hydrogen-bond donors (Lipinski definition) is 1. The standard InChI is InChI=1S/C15H16N6O2S/c1-10-17-15(21(20-10)12-4-7-24(22,23)9-12)14-8-13(18-19-14)11-2-5-16-6-3-11/h2-3,5-6,8,12H,4,7,9H2,1H3,(H,18,19). The summed E-state index contributed by atoms with van der Waals surface area (Å²) in [4.78, 5) is 8.45. The highest BCUT2D eigenvalue weighted by molar-refractivity contribution is 7.91. The van der Waals surface area contributed by atoms with E-state index in [0.717, 1.165) is 11.3 Å². The van der Waals surface area contributed by atoms with Gasteiger partial charge in [0.1, 0.15) is 11.5 Å². The highest BCUT2D eigenvalue weighted by Crippen LogP contribution is 2.29. The van der Waals surface area contributed by atoms with Crippen LogP contribution < -0.4 is 0 Å². The summed E-state index contributed by atoms with van der Waals surface area (Å²) in [7, 11) is -2.99. The minimum absolute atomic E-state index is 0.105. The monoisotopic (exact) mass is 344 g/mol. The maximum atomic E-state index is 11.8. The number of H-pyrrole nitrogens is 1. The Hall–Kier alpha value is -2.55. The molecule has 3 aromatic rings. The Labute approximate surface area is 138 Å². The predicted molar refractivity (Wildman–Crippen MR) is 87.9 cm³/mol. The maximum Gasteiger partial charge on any atom is 0.176 e. The molecule has 0 saturated carbocycles. The molecule has 1 unspecified atom stereocenters. The second kappa shape index (κ2) is 5.52. The quantitative estimate of drug-likeness (QED) is 0.770. The van der Waals surface area contributed by atoms with Crippen molar-refractivity contribution in [2.24, 2.45) is 0 Å². The molecule has 24 heavy (non-hydrogen) atoms. The van der Waals surface area contributed by atoms with Crippen LogP contribution in [-0.4, -0.2) is 49.9 Å². The van der Waals surface area contributed by atoms with Gasteiger partial charge in [0, 0.05) is 18.0 Å². The second-order valence-electron chi connectivity index (χ2n) is 5.89. The molecule has 0 aromatic carbocycles. The Morgan fingerprint density at radius 1 is 1.29 bits per heavy atom. The molecule has 0 spiro atoms. The summed E-state index contributed by atoms with van der Waals surface area (Å²) in [6.07, 6.45) is 3.98. The van der Waals surface area contributed by atoms with Crippen LogP contribution in [0.5, 0.6) is 0 Å². The van der Waals surface area contributed by atoms with Crippen LogP contribution in [0.15, 0.2) is 30.6 Å². The van der Waals surface area contributed by atoms with E-state index in [1.165, 1.54) is 0 Å². The Balaban J connectivity index is 1.72. The number of aromatic amines is 1. The Morgan fingerprint density at radius 2 is 2.08 bits per heavy atom. The average Bonchev–Trinajstić information content (AvgIpc) is 3.26. The first-order chi connectivity index (χ1) is 11.5. The zero-order valence-corrected chi connectivity index (χ0v) is 13.9. The third-order valence-electron chi connectivity index (χ3n) is 4.09. The lowest BCUT2D eigenvalue weighted by Gasteiger charge is -2.10. The van der Waals surface area contributed by atoms with E-state index < -0.39 is 9.84 Å². The van der Waals surface area contributed by atoms with Gasteiger partial charge in [-0.05, 0) is 31.5 Å². The predicted octanol–water partition coefficient (Wildman–Crippen LogP) is 1.40. The fourth-order valence-electron chi connectivity index (χ4n) is 2.94. The number of aryl methyl sites for hydroxylation is 1. The molecule has 4 rings (SSSR count). The third kappa shape index (κ3) is 2.71. The zero-order chi connectivity index (χ0) is 16.7. The van der Waals surface area contributed by atoms with Crippen LogP contribution in [-0.2, 0) is 9.84 Å². The second-order valence-corrected chi connectivity index (χ2v) is 8.12. The van der Waals surface area contributed by atoms with Crippen molar-refractivity contribution in [3.05, 3.63) is 36.4 Å². The molecule has 1 fully saturated rings. The molecule has 124 valence electrons. The normalized spacial score (nSPS) is 19.6. The van der Waals surface area contributed by atoms with Gasteiger partial charge in [0.25, 0.3) is 0 Å². The van der Waals surface area contributed by atoms with Gasteiger partial charge >= 0.3 is 0 Å². The van der Waals surface area contributed by atoms with Gasteiger partial charge in [0.2, 0.25) is 0 Å². The maximum absolute atomic E-state index is 11.8. The Morgan fingerprint density at radius 3 is 2.79 bits per heavy atom. The van der Waals surface area contributed by atoms with Gasteiger partial charge in [0.15, 0.2) is 15.7 Å². The number of nitrogens with one attached hydrogen (secondary N) is 1. The summed E-state index contributed by atoms with van der Waals surface area (Å²) in [6, 6.07) is 5.45. The molecule has 0 bridgehead atoms. The fourth-order valence-corrected chi connectivity index (χ4v) is 4.64. The van der Waals surface area contributed by atoms with E-state index in [2.05, 4.69) is 25.3 Å². The molecule has 1 aliphatic heterocycles. The van der Waals surface area contributed by atoms with Crippen molar-refractivity contribution in [1.82, 2.24) is 29.9 Å². The molecule has 8 nitrogen and oxygen atoms in total. The van der Waals surface area contributed by atoms with E-state index in [1.54, 1.807) is 24.0 Å². The molecular formula is C15H16N6O2S. The molecule has 3 aromatic heterocycles. The molecule has 0 aliphatic carbocycles. The van der Waals surface area contributed by atoms with E-state index in [1.807, 2.05) is 18.2 Å². The SMILES string of the molecule is Cc1nc(-c2cc(-c3ccncc3)n[nH]2)n(C2CCS(=O)(=O)C2)n1. The van der Waals surface area contributed by atoms with Gasteiger partial charge in [-0.1, -0.05) is 0 Å². The van der Waals surface area contributed by atoms with E-state index in [0.29, 0.717) is 23.8 Å². The van der Waals surface area contributed by atoms with Gasteiger partial charge < -0.3 is 0 Å². The van der Waals surface area contributed by atoms with E-state index >= 15 is 0 Å². The van der Waals surface area contributed by atoms with Gasteiger partial charge in [-0.25, -0.2) is 18.1 Å². The Kier molecular flexibility index (Phi) is 3.45. The summed E-state index contributed by atoms with van der Waals surface area (Å²) in [5.41, 5.74) is 2.43. The van der Waals surface area contributed by atoms with Crippen LogP contribution in [0.25, 0.3) is 22.8 Å². The van der Waals surface area contributed by atoms with Crippen molar-refractivity contribution in [1.29, 1.82) is 0 Å². The van der Waals surface area contributed by atoms with E-state index in [-0.39, 0.29) is 17.5 Å². The van der Waals surface area contributed by atoms with Crippen LogP contribution in [0, 0.1) is 6.92 Å². The number of sulfone groups is 1. The Bertz CT molecular complexity index is 977. The van der Waals surface area contributed by atoms with Crippen molar-refractivity contribution >= 4 is 9.84 Å². The summed E-state index contributed by atoms with van der Waals surface area (Å²) < 4.78 is 25.3. The number of nitrogens with zero attached hydrogens (tertiary/aromatic N) is 5. The topological polar surface area (TPSA) is 106 Å². The van der Waals surface area contributed by atoms with E-state index in [9.17, 15) is 8.42 Å². The van der Waals surface area contributed by atoms with Crippen LogP contribution in [0.3, 0.4) is 0 Å². The molecule has 1 atom stereocenters. The number of rotatable bonds is 3. The molecule has 0 radical (unpaired) electrons. The minimum Gasteiger partial charge on any atom is -0.274 e. The largest absolute Gasteiger partial charge is 0.274 e. The van der Waals surface area contributed by atoms with Crippen LogP contribution in [0.1, 0.15) is 18.3 Å². The lowest BCUT2D eigenvalue weighted by molar-refractivity contribution is 0.501. The van der Waals surface area contributed by atoms with Crippen LogP contribution in [0.2, 0.25) is 0 Å². The lowest BCUT2D eigenvalue weighted by atomic mass is 10.2. The molecule has 1 saturated heterocycles. The van der Waals surface area contributed by atoms with Crippen molar-refractivity contribution in [2.75, 3.05) is 11.5 Å². The van der Waals surface area contributed by atoms with Crippen LogP contribution >= 0.6 is 0 Å². The minimum atomic E-state index is -2.99. The molecule has 9 heteroatoms. The highest BCUT2D eigenvalue weighted by Gasteiger charge is 2.32. The summed E-state index contributed by atoms with van der Waals surface area (Å²) in [6.45, 7) is 1.80. The van der Waals surface area contributed by atoms with Gasteiger partial charge in [-0.3, -0.25) is 10.1 Å². The number of aromatic nitrogens is 6. The van der Waals surface area contributed by atoms with E-state index in [4.69, 9.17) is 0 Å². The zero-order valence-electron chi connectivity index (χ0n) is 13.0. The van der Waals surface area contributed by atoms with Gasteiger partial charge in [-0.15, -0.1) is 0 Å². The van der Waals surface area contributed by atoms with Crippen molar-refractivity contribution in [3.8, 4) is 22.8 Å². The van der Waals surface area contributed by atoms with Gasteiger partial charge in [-0.2, -0.15) is 10.2 Å². The fraction of sp³-hybridized carbons (Fsp3) is 0.333. The lowest BCUT2D eigenvalue weighted by Crippen LogP contribution is -2.14. The number of hydrogen-bond acceptors (Lipinski definition) is 6. The first kappa shape index (κ1) is 15.0. The molecule has 1 N–H and O–H groups in total. The smallest absolute Gasteiger partial charge is 0.176 e. The van der Waals surface area contributed by atoms with Gasteiger partial charge in [0.05, 0.1) is 23.2 Å². The molecule has 1 aliphatic rings. The average molecular weight is 344 g/mol. The molecule has 4 heterocycles. The first-order valence-electron chi connectivity index (χ1n) is 7.61. The summed E-state index contributed by atoms with van der Waals surface area (Å²) in [5, 5.41) is 11.7. The van der Waals surface area contributed by atoms with Crippen LogP contribution in [0.4, 0.5) is 0 Å². The third-order valence-corrected chi connectivity index (χ3v) is 5.84. The summed E-state index contributed by atoms with van der Waals surface area (Å²) >= 11 is 0. The van der Waals surface area contributed by atoms with Crippen molar-refractivity contribution in [3.63, 3.8) is 0 Å². The highest BCUT2D eigenvalue weighted by atomic mass is 32.2. The number of pyridine rings is 1.